The van der Waals surface area contributed by atoms with Gasteiger partial charge in [0.2, 0.25) is 11.2 Å². The summed E-state index contributed by atoms with van der Waals surface area (Å²) in [7, 11) is 0. The van der Waals surface area contributed by atoms with Gasteiger partial charge < -0.3 is 15.2 Å². The monoisotopic (exact) mass is 246 g/mol. The molecule has 0 aliphatic rings. The third kappa shape index (κ3) is 4.59. The van der Waals surface area contributed by atoms with Gasteiger partial charge in [-0.05, 0) is 24.4 Å². The van der Waals surface area contributed by atoms with E-state index in [1.165, 1.54) is 0 Å². The van der Waals surface area contributed by atoms with Gasteiger partial charge in [-0.25, -0.2) is 0 Å². The molecule has 0 saturated heterocycles. The first kappa shape index (κ1) is 12.9. The van der Waals surface area contributed by atoms with Crippen molar-refractivity contribution in [3.05, 3.63) is 5.28 Å². The number of anilines is 1. The molecule has 1 aromatic heterocycles. The highest BCUT2D eigenvalue weighted by molar-refractivity contribution is 6.28. The molecule has 1 heterocycles. The van der Waals surface area contributed by atoms with E-state index in [-0.39, 0.29) is 17.9 Å². The molecule has 0 fully saturated rings. The van der Waals surface area contributed by atoms with Crippen LogP contribution in [0.2, 0.25) is 5.28 Å². The van der Waals surface area contributed by atoms with E-state index in [4.69, 9.17) is 21.4 Å². The van der Waals surface area contributed by atoms with E-state index in [1.807, 2.05) is 6.92 Å². The van der Waals surface area contributed by atoms with Crippen LogP contribution in [0.1, 0.15) is 19.8 Å². The van der Waals surface area contributed by atoms with Crippen LogP contribution in [0.4, 0.5) is 5.95 Å². The predicted octanol–water partition coefficient (Wildman–Crippen LogP) is 1.11. The molecule has 0 unspecified atom stereocenters. The van der Waals surface area contributed by atoms with Gasteiger partial charge in [-0.15, -0.1) is 0 Å². The number of nitrogens with zero attached hydrogens (tertiary/aromatic N) is 3. The molecule has 0 bridgehead atoms. The molecule has 1 rings (SSSR count). The number of aliphatic hydroxyl groups is 1. The summed E-state index contributed by atoms with van der Waals surface area (Å²) in [4.78, 5) is 11.7. The summed E-state index contributed by atoms with van der Waals surface area (Å²) < 4.78 is 5.25. The largest absolute Gasteiger partial charge is 0.463 e. The molecule has 0 atom stereocenters. The second kappa shape index (κ2) is 7.19. The molecule has 1 aromatic rings. The van der Waals surface area contributed by atoms with Crippen LogP contribution in [0.15, 0.2) is 0 Å². The fourth-order valence-electron chi connectivity index (χ4n) is 0.948. The Bertz CT molecular complexity index is 324. The Morgan fingerprint density at radius 2 is 2.19 bits per heavy atom. The quantitative estimate of drug-likeness (QED) is 0.702. The molecule has 0 radical (unpaired) electrons. The summed E-state index contributed by atoms with van der Waals surface area (Å²) in [5.74, 6) is 0.361. The molecule has 6 nitrogen and oxygen atoms in total. The van der Waals surface area contributed by atoms with Gasteiger partial charge in [-0.3, -0.25) is 0 Å². The maximum absolute atomic E-state index is 8.63. The lowest BCUT2D eigenvalue weighted by Gasteiger charge is -2.06. The summed E-state index contributed by atoms with van der Waals surface area (Å²) in [6.45, 7) is 3.22. The zero-order chi connectivity index (χ0) is 11.8. The van der Waals surface area contributed by atoms with Gasteiger partial charge in [-0.2, -0.15) is 15.0 Å². The fraction of sp³-hybridized carbons (Fsp3) is 0.667. The van der Waals surface area contributed by atoms with Gasteiger partial charge in [0.25, 0.3) is 0 Å². The number of nitrogens with one attached hydrogen (secondary N) is 1. The van der Waals surface area contributed by atoms with E-state index in [0.717, 1.165) is 6.42 Å². The summed E-state index contributed by atoms with van der Waals surface area (Å²) in [6, 6.07) is 0.216. The molecule has 2 N–H and O–H groups in total. The van der Waals surface area contributed by atoms with Crippen LogP contribution in [-0.4, -0.2) is 39.8 Å². The van der Waals surface area contributed by atoms with Crippen LogP contribution in [0.3, 0.4) is 0 Å². The lowest BCUT2D eigenvalue weighted by Crippen LogP contribution is -2.09. The molecular formula is C9H15ClN4O2. The molecule has 0 aliphatic carbocycles. The van der Waals surface area contributed by atoms with Gasteiger partial charge in [0.05, 0.1) is 6.61 Å². The van der Waals surface area contributed by atoms with Crippen molar-refractivity contribution in [3.8, 4) is 6.01 Å². The number of halogens is 1. The molecule has 0 spiro atoms. The van der Waals surface area contributed by atoms with Crippen molar-refractivity contribution in [2.75, 3.05) is 25.1 Å². The molecule has 16 heavy (non-hydrogen) atoms. The Morgan fingerprint density at radius 3 is 2.88 bits per heavy atom. The Labute approximate surface area is 99.0 Å². The topological polar surface area (TPSA) is 80.2 Å². The summed E-state index contributed by atoms with van der Waals surface area (Å²) in [6.07, 6.45) is 1.49. The number of hydrogen-bond donors (Lipinski definition) is 2. The highest BCUT2D eigenvalue weighted by Gasteiger charge is 2.04. The molecule has 90 valence electrons. The van der Waals surface area contributed by atoms with Crippen molar-refractivity contribution in [3.63, 3.8) is 0 Å². The third-order valence-corrected chi connectivity index (χ3v) is 1.81. The van der Waals surface area contributed by atoms with E-state index < -0.39 is 0 Å². The van der Waals surface area contributed by atoms with Crippen LogP contribution in [0.25, 0.3) is 0 Å². The number of ether oxygens (including phenoxy) is 1. The highest BCUT2D eigenvalue weighted by Crippen LogP contribution is 2.11. The first-order chi connectivity index (χ1) is 7.76. The van der Waals surface area contributed by atoms with E-state index >= 15 is 0 Å². The fourth-order valence-corrected chi connectivity index (χ4v) is 1.10. The average Bonchev–Trinajstić information content (AvgIpc) is 2.26. The zero-order valence-electron chi connectivity index (χ0n) is 9.11. The SMILES string of the molecule is CCCOc1nc(Cl)nc(NCCCO)n1. The number of rotatable bonds is 7. The normalized spacial score (nSPS) is 10.2. The molecular weight excluding hydrogens is 232 g/mol. The van der Waals surface area contributed by atoms with Gasteiger partial charge in [0.1, 0.15) is 0 Å². The third-order valence-electron chi connectivity index (χ3n) is 1.64. The summed E-state index contributed by atoms with van der Waals surface area (Å²) in [5, 5.41) is 11.6. The average molecular weight is 247 g/mol. The molecule has 0 saturated carbocycles. The Hall–Kier alpha value is -1.14. The van der Waals surface area contributed by atoms with Crippen molar-refractivity contribution in [1.82, 2.24) is 15.0 Å². The van der Waals surface area contributed by atoms with Crippen molar-refractivity contribution in [2.24, 2.45) is 0 Å². The smallest absolute Gasteiger partial charge is 0.322 e. The zero-order valence-corrected chi connectivity index (χ0v) is 9.87. The van der Waals surface area contributed by atoms with Crippen molar-refractivity contribution < 1.29 is 9.84 Å². The van der Waals surface area contributed by atoms with Crippen molar-refractivity contribution in [2.45, 2.75) is 19.8 Å². The summed E-state index contributed by atoms with van der Waals surface area (Å²) in [5.41, 5.74) is 0. The predicted molar refractivity (Wildman–Crippen MR) is 60.8 cm³/mol. The van der Waals surface area contributed by atoms with E-state index in [9.17, 15) is 0 Å². The van der Waals surface area contributed by atoms with Gasteiger partial charge in [0, 0.05) is 13.2 Å². The van der Waals surface area contributed by atoms with Crippen LogP contribution < -0.4 is 10.1 Å². The number of hydrogen-bond acceptors (Lipinski definition) is 6. The van der Waals surface area contributed by atoms with Gasteiger partial charge in [-0.1, -0.05) is 6.92 Å². The van der Waals surface area contributed by atoms with E-state index in [1.54, 1.807) is 0 Å². The summed E-state index contributed by atoms with van der Waals surface area (Å²) >= 11 is 5.71. The minimum Gasteiger partial charge on any atom is -0.463 e. The van der Waals surface area contributed by atoms with E-state index in [2.05, 4.69) is 20.3 Å². The lowest BCUT2D eigenvalue weighted by atomic mass is 10.4. The van der Waals surface area contributed by atoms with Gasteiger partial charge in [0.15, 0.2) is 0 Å². The van der Waals surface area contributed by atoms with Crippen molar-refractivity contribution >= 4 is 17.5 Å². The second-order valence-corrected chi connectivity index (χ2v) is 3.40. The maximum atomic E-state index is 8.63. The second-order valence-electron chi connectivity index (χ2n) is 3.06. The first-order valence-corrected chi connectivity index (χ1v) is 5.53. The lowest BCUT2D eigenvalue weighted by molar-refractivity contribution is 0.290. The van der Waals surface area contributed by atoms with E-state index in [0.29, 0.717) is 25.5 Å². The number of aromatic nitrogens is 3. The van der Waals surface area contributed by atoms with Crippen LogP contribution in [0, 0.1) is 0 Å². The molecule has 0 aromatic carbocycles. The molecule has 0 aliphatic heterocycles. The minimum absolute atomic E-state index is 0.0904. The molecule has 7 heteroatoms. The van der Waals surface area contributed by atoms with Crippen LogP contribution >= 0.6 is 11.6 Å². The maximum Gasteiger partial charge on any atom is 0.322 e. The minimum atomic E-state index is 0.0904. The Balaban J connectivity index is 2.58. The van der Waals surface area contributed by atoms with Crippen molar-refractivity contribution in [1.29, 1.82) is 0 Å². The van der Waals surface area contributed by atoms with Gasteiger partial charge >= 0.3 is 6.01 Å². The molecule has 0 amide bonds. The Morgan fingerprint density at radius 1 is 1.38 bits per heavy atom. The van der Waals surface area contributed by atoms with Crippen LogP contribution in [-0.2, 0) is 0 Å². The van der Waals surface area contributed by atoms with Crippen LogP contribution in [0.5, 0.6) is 6.01 Å². The first-order valence-electron chi connectivity index (χ1n) is 5.15. The Kier molecular flexibility index (Phi) is 5.81. The highest BCUT2D eigenvalue weighted by atomic mass is 35.5. The standard InChI is InChI=1S/C9H15ClN4O2/c1-2-6-16-9-13-7(10)12-8(14-9)11-4-3-5-15/h15H,2-6H2,1H3,(H,11,12,13,14). The number of aliphatic hydroxyl groups excluding tert-OH is 1.